The highest BCUT2D eigenvalue weighted by Crippen LogP contribution is 2.46. The first-order chi connectivity index (χ1) is 13.3. The van der Waals surface area contributed by atoms with Crippen LogP contribution in [0.25, 0.3) is 0 Å². The third kappa shape index (κ3) is 3.24. The molecule has 2 heteroatoms. The number of hydrogen-bond acceptors (Lipinski definition) is 2. The van der Waals surface area contributed by atoms with E-state index in [-0.39, 0.29) is 10.8 Å². The highest BCUT2D eigenvalue weighted by molar-refractivity contribution is 6.13. The van der Waals surface area contributed by atoms with Crippen LogP contribution in [-0.4, -0.2) is 5.71 Å². The normalized spacial score (nSPS) is 15.1. The molecule has 0 fully saturated rings. The van der Waals surface area contributed by atoms with Crippen molar-refractivity contribution in [2.45, 2.75) is 45.4 Å². The van der Waals surface area contributed by atoms with Gasteiger partial charge in [-0.25, -0.2) is 4.99 Å². The Bertz CT molecular complexity index is 1020. The molecule has 0 spiro atoms. The van der Waals surface area contributed by atoms with Crippen LogP contribution in [0.4, 0.5) is 17.1 Å². The van der Waals surface area contributed by atoms with Crippen molar-refractivity contribution in [3.8, 4) is 0 Å². The van der Waals surface area contributed by atoms with Crippen LogP contribution in [0.3, 0.4) is 0 Å². The van der Waals surface area contributed by atoms with Gasteiger partial charge in [-0.15, -0.1) is 0 Å². The van der Waals surface area contributed by atoms with Gasteiger partial charge in [0.15, 0.2) is 0 Å². The summed E-state index contributed by atoms with van der Waals surface area (Å²) in [5.74, 6) is 0. The van der Waals surface area contributed by atoms with Gasteiger partial charge in [-0.05, 0) is 40.3 Å². The lowest BCUT2D eigenvalue weighted by molar-refractivity contribution is 0.590. The number of fused-ring (bicyclic) bond motifs is 1. The zero-order chi connectivity index (χ0) is 19.9. The van der Waals surface area contributed by atoms with E-state index in [4.69, 9.17) is 4.99 Å². The minimum Gasteiger partial charge on any atom is -0.354 e. The third-order valence-corrected chi connectivity index (χ3v) is 5.60. The van der Waals surface area contributed by atoms with Crippen LogP contribution in [0.5, 0.6) is 0 Å². The fraction of sp³-hybridized carbons (Fsp3) is 0.269. The molecule has 0 amide bonds. The smallest absolute Gasteiger partial charge is 0.0909 e. The Morgan fingerprint density at radius 3 is 2.11 bits per heavy atom. The molecule has 28 heavy (non-hydrogen) atoms. The predicted octanol–water partition coefficient (Wildman–Crippen LogP) is 7.14. The number of aliphatic imine (C=N–C) groups is 1. The quantitative estimate of drug-likeness (QED) is 0.522. The molecule has 0 aliphatic carbocycles. The molecule has 0 atom stereocenters. The minimum atomic E-state index is -0.121. The molecule has 0 unspecified atom stereocenters. The van der Waals surface area contributed by atoms with Gasteiger partial charge in [0.05, 0.1) is 17.1 Å². The number of para-hydroxylation sites is 1. The molecule has 3 aromatic carbocycles. The summed E-state index contributed by atoms with van der Waals surface area (Å²) in [6, 6.07) is 25.6. The predicted molar refractivity (Wildman–Crippen MR) is 121 cm³/mol. The van der Waals surface area contributed by atoms with E-state index in [2.05, 4.69) is 107 Å². The minimum absolute atomic E-state index is 0.121. The molecule has 0 bridgehead atoms. The van der Waals surface area contributed by atoms with E-state index in [1.807, 2.05) is 6.07 Å². The molecule has 4 rings (SSSR count). The molecule has 1 heterocycles. The van der Waals surface area contributed by atoms with E-state index in [0.717, 1.165) is 22.8 Å². The van der Waals surface area contributed by atoms with E-state index in [9.17, 15) is 0 Å². The molecule has 0 radical (unpaired) electrons. The van der Waals surface area contributed by atoms with Crippen molar-refractivity contribution in [3.63, 3.8) is 0 Å². The van der Waals surface area contributed by atoms with Gasteiger partial charge in [-0.3, -0.25) is 0 Å². The van der Waals surface area contributed by atoms with Crippen molar-refractivity contribution in [2.24, 2.45) is 4.99 Å². The van der Waals surface area contributed by atoms with Crippen LogP contribution in [0.1, 0.15) is 51.3 Å². The molecular formula is C26H28N2. The van der Waals surface area contributed by atoms with Crippen LogP contribution in [-0.2, 0) is 10.8 Å². The summed E-state index contributed by atoms with van der Waals surface area (Å²) < 4.78 is 0. The maximum absolute atomic E-state index is 5.08. The number of hydrogen-bond donors (Lipinski definition) is 1. The Kier molecular flexibility index (Phi) is 4.38. The summed E-state index contributed by atoms with van der Waals surface area (Å²) in [4.78, 5) is 5.08. The number of benzene rings is 3. The summed E-state index contributed by atoms with van der Waals surface area (Å²) >= 11 is 0. The van der Waals surface area contributed by atoms with Gasteiger partial charge >= 0.3 is 0 Å². The highest BCUT2D eigenvalue weighted by atomic mass is 14.9. The summed E-state index contributed by atoms with van der Waals surface area (Å²) in [7, 11) is 0. The van der Waals surface area contributed by atoms with Crippen molar-refractivity contribution in [2.75, 3.05) is 5.32 Å². The highest BCUT2D eigenvalue weighted by Gasteiger charge is 2.36. The fourth-order valence-corrected chi connectivity index (χ4v) is 3.88. The topological polar surface area (TPSA) is 24.4 Å². The summed E-state index contributed by atoms with van der Waals surface area (Å²) in [6.45, 7) is 11.2. The zero-order valence-electron chi connectivity index (χ0n) is 17.4. The summed E-state index contributed by atoms with van der Waals surface area (Å²) in [6.07, 6.45) is 0. The molecule has 0 saturated carbocycles. The molecule has 142 valence electrons. The number of nitrogens with zero attached hydrogens (tertiary/aromatic N) is 1. The van der Waals surface area contributed by atoms with Crippen molar-refractivity contribution >= 4 is 22.8 Å². The van der Waals surface area contributed by atoms with E-state index in [0.29, 0.717) is 0 Å². The van der Waals surface area contributed by atoms with Crippen LogP contribution >= 0.6 is 0 Å². The van der Waals surface area contributed by atoms with E-state index in [1.165, 1.54) is 16.7 Å². The first-order valence-electron chi connectivity index (χ1n) is 9.92. The number of nitrogens with one attached hydrogen (secondary N) is 1. The maximum atomic E-state index is 5.08. The standard InChI is InChI=1S/C26H28N2/c1-25(2,3)19-14-16-20(17-15-19)27-22-13-9-12-21-23(22)28-24(26(21,4)5)18-10-7-6-8-11-18/h6-17,27H,1-5H3. The van der Waals surface area contributed by atoms with E-state index in [1.54, 1.807) is 0 Å². The van der Waals surface area contributed by atoms with Crippen molar-refractivity contribution in [1.29, 1.82) is 0 Å². The van der Waals surface area contributed by atoms with Crippen molar-refractivity contribution in [3.05, 3.63) is 89.5 Å². The molecule has 0 saturated heterocycles. The fourth-order valence-electron chi connectivity index (χ4n) is 3.88. The first kappa shape index (κ1) is 18.5. The monoisotopic (exact) mass is 368 g/mol. The van der Waals surface area contributed by atoms with Crippen LogP contribution < -0.4 is 5.32 Å². The van der Waals surface area contributed by atoms with Crippen LogP contribution in [0.15, 0.2) is 77.8 Å². The first-order valence-corrected chi connectivity index (χ1v) is 9.92. The average molecular weight is 369 g/mol. The summed E-state index contributed by atoms with van der Waals surface area (Å²) in [5, 5.41) is 3.59. The van der Waals surface area contributed by atoms with Crippen molar-refractivity contribution in [1.82, 2.24) is 0 Å². The van der Waals surface area contributed by atoms with Gasteiger partial charge in [-0.2, -0.15) is 0 Å². The van der Waals surface area contributed by atoms with Gasteiger partial charge in [0.25, 0.3) is 0 Å². The Morgan fingerprint density at radius 1 is 0.786 bits per heavy atom. The third-order valence-electron chi connectivity index (χ3n) is 5.60. The Labute approximate surface area is 168 Å². The van der Waals surface area contributed by atoms with Crippen LogP contribution in [0.2, 0.25) is 0 Å². The molecule has 1 aliphatic heterocycles. The van der Waals surface area contributed by atoms with Gasteiger partial charge in [0, 0.05) is 11.1 Å². The lowest BCUT2D eigenvalue weighted by Gasteiger charge is -2.23. The van der Waals surface area contributed by atoms with E-state index < -0.39 is 0 Å². The average Bonchev–Trinajstić information content (AvgIpc) is 2.94. The molecule has 3 aromatic rings. The van der Waals surface area contributed by atoms with E-state index >= 15 is 0 Å². The Hall–Kier alpha value is -2.87. The molecule has 1 aliphatic rings. The molecule has 2 nitrogen and oxygen atoms in total. The van der Waals surface area contributed by atoms with Gasteiger partial charge < -0.3 is 5.32 Å². The largest absolute Gasteiger partial charge is 0.354 e. The van der Waals surface area contributed by atoms with Gasteiger partial charge in [0.2, 0.25) is 0 Å². The number of anilines is 2. The second kappa shape index (κ2) is 6.63. The Balaban J connectivity index is 1.71. The van der Waals surface area contributed by atoms with Crippen LogP contribution in [0, 0.1) is 0 Å². The lowest BCUT2D eigenvalue weighted by atomic mass is 9.79. The van der Waals surface area contributed by atoms with Gasteiger partial charge in [-0.1, -0.05) is 89.2 Å². The second-order valence-electron chi connectivity index (χ2n) is 9.11. The Morgan fingerprint density at radius 2 is 1.46 bits per heavy atom. The number of rotatable bonds is 3. The maximum Gasteiger partial charge on any atom is 0.0909 e. The molecule has 1 N–H and O–H groups in total. The zero-order valence-corrected chi connectivity index (χ0v) is 17.4. The summed E-state index contributed by atoms with van der Waals surface area (Å²) in [5.41, 5.74) is 8.14. The molecular weight excluding hydrogens is 340 g/mol. The van der Waals surface area contributed by atoms with Gasteiger partial charge in [0.1, 0.15) is 0 Å². The van der Waals surface area contributed by atoms with Crippen molar-refractivity contribution < 1.29 is 0 Å². The lowest BCUT2D eigenvalue weighted by Crippen LogP contribution is -2.26. The SMILES string of the molecule is CC(C)(C)c1ccc(Nc2cccc3c2N=C(c2ccccc2)C3(C)C)cc1. The second-order valence-corrected chi connectivity index (χ2v) is 9.11. The molecule has 0 aromatic heterocycles.